The zero-order valence-electron chi connectivity index (χ0n) is 9.39. The Kier molecular flexibility index (Phi) is 3.80. The summed E-state index contributed by atoms with van der Waals surface area (Å²) in [6.07, 6.45) is 2.38. The van der Waals surface area contributed by atoms with E-state index >= 15 is 0 Å². The summed E-state index contributed by atoms with van der Waals surface area (Å²) in [6.45, 7) is 1.94. The maximum atomic E-state index is 10.1. The van der Waals surface area contributed by atoms with Gasteiger partial charge in [0.2, 0.25) is 0 Å². The Balaban J connectivity index is 1.96. The van der Waals surface area contributed by atoms with Crippen LogP contribution >= 0.6 is 0 Å². The molecule has 0 saturated carbocycles. The average Bonchev–Trinajstić information content (AvgIpc) is 2.33. The number of piperidine rings is 1. The second-order valence-corrected chi connectivity index (χ2v) is 4.51. The third-order valence-corrected chi connectivity index (χ3v) is 3.30. The number of phenolic OH excluding ortho intramolecular Hbond substituents is 1. The quantitative estimate of drug-likeness (QED) is 0.721. The molecule has 16 heavy (non-hydrogen) atoms. The van der Waals surface area contributed by atoms with Gasteiger partial charge in [-0.3, -0.25) is 0 Å². The van der Waals surface area contributed by atoms with Gasteiger partial charge >= 0.3 is 0 Å². The van der Waals surface area contributed by atoms with Crippen molar-refractivity contribution >= 4 is 0 Å². The Bertz CT molecular complexity index is 334. The van der Waals surface area contributed by atoms with Crippen LogP contribution in [-0.4, -0.2) is 29.4 Å². The lowest BCUT2D eigenvalue weighted by Crippen LogP contribution is -2.37. The summed E-state index contributed by atoms with van der Waals surface area (Å²) < 4.78 is 0. The van der Waals surface area contributed by atoms with E-state index in [-0.39, 0.29) is 11.9 Å². The van der Waals surface area contributed by atoms with Gasteiger partial charge in [0.1, 0.15) is 5.75 Å². The smallest absolute Gasteiger partial charge is 0.118 e. The van der Waals surface area contributed by atoms with E-state index in [2.05, 4.69) is 5.32 Å². The standard InChI is InChI=1S/C13H19NO2/c15-12-6-2-1-4-10(12)8-13(16)11-5-3-7-14-9-11/h1-2,4,6,11,13-16H,3,5,7-9H2. The largest absolute Gasteiger partial charge is 0.508 e. The minimum absolute atomic E-state index is 0.283. The van der Waals surface area contributed by atoms with Crippen molar-refractivity contribution in [2.75, 3.05) is 13.1 Å². The van der Waals surface area contributed by atoms with Crippen molar-refractivity contribution in [2.45, 2.75) is 25.4 Å². The molecule has 1 aromatic rings. The molecule has 0 amide bonds. The second kappa shape index (κ2) is 5.32. The molecule has 1 aliphatic rings. The fourth-order valence-corrected chi connectivity index (χ4v) is 2.28. The molecule has 2 atom stereocenters. The van der Waals surface area contributed by atoms with Crippen molar-refractivity contribution in [3.63, 3.8) is 0 Å². The number of hydrogen-bond acceptors (Lipinski definition) is 3. The van der Waals surface area contributed by atoms with Crippen molar-refractivity contribution in [2.24, 2.45) is 5.92 Å². The predicted octanol–water partition coefficient (Wildman–Crippen LogP) is 1.30. The van der Waals surface area contributed by atoms with E-state index in [4.69, 9.17) is 0 Å². The van der Waals surface area contributed by atoms with Gasteiger partial charge in [-0.15, -0.1) is 0 Å². The average molecular weight is 221 g/mol. The highest BCUT2D eigenvalue weighted by molar-refractivity contribution is 5.32. The number of para-hydroxylation sites is 1. The van der Waals surface area contributed by atoms with Crippen molar-refractivity contribution in [1.82, 2.24) is 5.32 Å². The Morgan fingerprint density at radius 3 is 2.88 bits per heavy atom. The number of aromatic hydroxyl groups is 1. The molecule has 0 aliphatic carbocycles. The van der Waals surface area contributed by atoms with Crippen molar-refractivity contribution < 1.29 is 10.2 Å². The molecule has 0 radical (unpaired) electrons. The van der Waals surface area contributed by atoms with E-state index in [0.29, 0.717) is 12.3 Å². The lowest BCUT2D eigenvalue weighted by molar-refractivity contribution is 0.0916. The van der Waals surface area contributed by atoms with Gasteiger partial charge < -0.3 is 15.5 Å². The molecule has 0 aromatic heterocycles. The zero-order valence-corrected chi connectivity index (χ0v) is 9.39. The normalized spacial score (nSPS) is 22.9. The number of aliphatic hydroxyl groups is 1. The van der Waals surface area contributed by atoms with Gasteiger partial charge in [-0.2, -0.15) is 0 Å². The number of aliphatic hydroxyl groups excluding tert-OH is 1. The van der Waals surface area contributed by atoms with E-state index in [1.165, 1.54) is 0 Å². The molecular formula is C13H19NO2. The molecule has 1 aromatic carbocycles. The van der Waals surface area contributed by atoms with Crippen LogP contribution in [0.15, 0.2) is 24.3 Å². The van der Waals surface area contributed by atoms with Gasteiger partial charge in [-0.05, 0) is 36.9 Å². The molecule has 1 saturated heterocycles. The van der Waals surface area contributed by atoms with Crippen LogP contribution < -0.4 is 5.32 Å². The second-order valence-electron chi connectivity index (χ2n) is 4.51. The van der Waals surface area contributed by atoms with Crippen LogP contribution in [0.5, 0.6) is 5.75 Å². The van der Waals surface area contributed by atoms with Crippen LogP contribution in [0.4, 0.5) is 0 Å². The van der Waals surface area contributed by atoms with Crippen LogP contribution in [0.1, 0.15) is 18.4 Å². The first kappa shape index (κ1) is 11.4. The van der Waals surface area contributed by atoms with Crippen LogP contribution in [0.2, 0.25) is 0 Å². The molecule has 2 rings (SSSR count). The minimum atomic E-state index is -0.360. The fraction of sp³-hybridized carbons (Fsp3) is 0.538. The maximum Gasteiger partial charge on any atom is 0.118 e. The highest BCUT2D eigenvalue weighted by Gasteiger charge is 2.22. The predicted molar refractivity (Wildman–Crippen MR) is 63.4 cm³/mol. The van der Waals surface area contributed by atoms with Crippen LogP contribution in [-0.2, 0) is 6.42 Å². The molecule has 3 nitrogen and oxygen atoms in total. The van der Waals surface area contributed by atoms with E-state index in [9.17, 15) is 10.2 Å². The molecule has 1 fully saturated rings. The Morgan fingerprint density at radius 1 is 1.38 bits per heavy atom. The summed E-state index contributed by atoms with van der Waals surface area (Å²) in [6, 6.07) is 7.23. The van der Waals surface area contributed by atoms with Gasteiger partial charge in [0.15, 0.2) is 0 Å². The van der Waals surface area contributed by atoms with E-state index < -0.39 is 0 Å². The number of rotatable bonds is 3. The van der Waals surface area contributed by atoms with Crippen LogP contribution in [0, 0.1) is 5.92 Å². The highest BCUT2D eigenvalue weighted by Crippen LogP contribution is 2.22. The Morgan fingerprint density at radius 2 is 2.19 bits per heavy atom. The lowest BCUT2D eigenvalue weighted by Gasteiger charge is -2.27. The Labute approximate surface area is 96.1 Å². The lowest BCUT2D eigenvalue weighted by atomic mass is 9.90. The highest BCUT2D eigenvalue weighted by atomic mass is 16.3. The van der Waals surface area contributed by atoms with Crippen molar-refractivity contribution in [3.05, 3.63) is 29.8 Å². The first-order valence-electron chi connectivity index (χ1n) is 5.93. The number of nitrogens with one attached hydrogen (secondary N) is 1. The van der Waals surface area contributed by atoms with Crippen molar-refractivity contribution in [3.8, 4) is 5.75 Å². The minimum Gasteiger partial charge on any atom is -0.508 e. The van der Waals surface area contributed by atoms with Crippen molar-refractivity contribution in [1.29, 1.82) is 0 Å². The number of phenols is 1. The fourth-order valence-electron chi connectivity index (χ4n) is 2.28. The number of hydrogen-bond donors (Lipinski definition) is 3. The molecule has 2 unspecified atom stereocenters. The molecule has 88 valence electrons. The zero-order chi connectivity index (χ0) is 11.4. The molecule has 3 N–H and O–H groups in total. The van der Waals surface area contributed by atoms with Crippen LogP contribution in [0.3, 0.4) is 0 Å². The molecule has 1 heterocycles. The summed E-state index contributed by atoms with van der Waals surface area (Å²) >= 11 is 0. The number of benzene rings is 1. The first-order chi connectivity index (χ1) is 7.77. The van der Waals surface area contributed by atoms with Gasteiger partial charge in [0.05, 0.1) is 6.10 Å². The summed E-state index contributed by atoms with van der Waals surface area (Å²) in [4.78, 5) is 0. The Hall–Kier alpha value is -1.06. The van der Waals surface area contributed by atoms with E-state index in [0.717, 1.165) is 31.5 Å². The SMILES string of the molecule is Oc1ccccc1CC(O)C1CCCNC1. The summed E-state index contributed by atoms with van der Waals surface area (Å²) in [5, 5.41) is 23.0. The molecule has 0 bridgehead atoms. The molecule has 1 aliphatic heterocycles. The van der Waals surface area contributed by atoms with Crippen LogP contribution in [0.25, 0.3) is 0 Å². The van der Waals surface area contributed by atoms with Gasteiger partial charge in [0.25, 0.3) is 0 Å². The molecule has 3 heteroatoms. The summed E-state index contributed by atoms with van der Waals surface area (Å²) in [7, 11) is 0. The van der Waals surface area contributed by atoms with E-state index in [1.54, 1.807) is 12.1 Å². The topological polar surface area (TPSA) is 52.5 Å². The maximum absolute atomic E-state index is 10.1. The summed E-state index contributed by atoms with van der Waals surface area (Å²) in [5.41, 5.74) is 0.834. The third-order valence-electron chi connectivity index (χ3n) is 3.30. The first-order valence-corrected chi connectivity index (χ1v) is 5.93. The van der Waals surface area contributed by atoms with Gasteiger partial charge in [-0.25, -0.2) is 0 Å². The monoisotopic (exact) mass is 221 g/mol. The molecule has 0 spiro atoms. The van der Waals surface area contributed by atoms with Gasteiger partial charge in [0, 0.05) is 13.0 Å². The van der Waals surface area contributed by atoms with E-state index in [1.807, 2.05) is 12.1 Å². The molecular weight excluding hydrogens is 202 g/mol. The van der Waals surface area contributed by atoms with Gasteiger partial charge in [-0.1, -0.05) is 18.2 Å². The third kappa shape index (κ3) is 2.74. The summed E-state index contributed by atoms with van der Waals surface area (Å²) in [5.74, 6) is 0.596.